The number of hydrogen-bond donors (Lipinski definition) is 0. The van der Waals surface area contributed by atoms with Crippen LogP contribution in [0, 0.1) is 27.7 Å². The van der Waals surface area contributed by atoms with Crippen LogP contribution in [0.2, 0.25) is 0 Å². The van der Waals surface area contributed by atoms with Crippen LogP contribution in [0.4, 0.5) is 22.7 Å². The number of aromatic nitrogens is 8. The van der Waals surface area contributed by atoms with Gasteiger partial charge < -0.3 is 23.7 Å². The average Bonchev–Trinajstić information content (AvgIpc) is 1.61. The Morgan fingerprint density at radius 2 is 0.756 bits per heavy atom. The number of rotatable bonds is 16. The van der Waals surface area contributed by atoms with Crippen molar-refractivity contribution < 1.29 is 22.3 Å². The van der Waals surface area contributed by atoms with Gasteiger partial charge in [-0.05, 0) is 225 Å². The van der Waals surface area contributed by atoms with Crippen LogP contribution in [0.15, 0.2) is 211 Å². The van der Waals surface area contributed by atoms with Gasteiger partial charge in [-0.3, -0.25) is 17.9 Å². The lowest BCUT2D eigenvalue weighted by molar-refractivity contribution is -0.534. The molecule has 10 aromatic carbocycles. The normalized spacial score (nSPS) is 13.8. The molecule has 0 spiro atoms. The molecule has 0 unspecified atom stereocenters. The third-order valence-electron chi connectivity index (χ3n) is 29.8. The van der Waals surface area contributed by atoms with Gasteiger partial charge in [-0.25, -0.2) is 18.3 Å². The number of furan rings is 1. The van der Waals surface area contributed by atoms with E-state index in [0.717, 1.165) is 17.7 Å². The summed E-state index contributed by atoms with van der Waals surface area (Å²) in [6.07, 6.45) is 17.6. The number of fused-ring (bicyclic) bond motifs is 20. The Morgan fingerprint density at radius 3 is 1.24 bits per heavy atom. The monoisotopic (exact) mass is 1740 g/mol. The molecule has 0 radical (unpaired) electrons. The molecular formula is C114H142B4N12O+4. The Kier molecular flexibility index (Phi) is 25.6. The Balaban J connectivity index is 0.000000122. The summed E-state index contributed by atoms with van der Waals surface area (Å²) in [5.41, 5.74) is 41.0. The molecule has 17 heteroatoms. The topological polar surface area (TPSA) is 61.3 Å². The highest BCUT2D eigenvalue weighted by Crippen LogP contribution is 2.48. The fourth-order valence-corrected chi connectivity index (χ4v) is 23.5. The Labute approximate surface area is 784 Å². The molecule has 4 aliphatic heterocycles. The highest BCUT2D eigenvalue weighted by molar-refractivity contribution is 6.73. The number of benzene rings is 10. The van der Waals surface area contributed by atoms with Gasteiger partial charge in [-0.2, -0.15) is 0 Å². The molecule has 5 aliphatic rings. The van der Waals surface area contributed by atoms with E-state index in [1.54, 1.807) is 5.69 Å². The van der Waals surface area contributed by atoms with Crippen molar-refractivity contribution in [2.75, 3.05) is 46.9 Å². The third-order valence-corrected chi connectivity index (χ3v) is 29.8. The van der Waals surface area contributed by atoms with Gasteiger partial charge in [0.1, 0.15) is 47.3 Å². The van der Waals surface area contributed by atoms with Gasteiger partial charge in [0.2, 0.25) is 0 Å². The highest BCUT2D eigenvalue weighted by Gasteiger charge is 2.54. The fraction of sp³-hybridized carbons (Fsp3) is 0.386. The number of imidazole rings is 4. The number of anilines is 4. The van der Waals surface area contributed by atoms with E-state index < -0.39 is 0 Å². The molecule has 5 aromatic heterocycles. The maximum Gasteiger partial charge on any atom is 0.538 e. The van der Waals surface area contributed by atoms with Crippen LogP contribution in [0.1, 0.15) is 275 Å². The molecule has 15 aromatic rings. The average molecular weight is 1740 g/mol. The van der Waals surface area contributed by atoms with E-state index >= 15 is 0 Å². The van der Waals surface area contributed by atoms with E-state index in [4.69, 9.17) is 4.42 Å². The molecule has 9 heterocycles. The Morgan fingerprint density at radius 1 is 0.359 bits per heavy atom. The lowest BCUT2D eigenvalue weighted by Crippen LogP contribution is -2.72. The first-order valence-corrected chi connectivity index (χ1v) is 49.3. The van der Waals surface area contributed by atoms with Gasteiger partial charge in [0.05, 0.1) is 61.5 Å². The van der Waals surface area contributed by atoms with E-state index in [2.05, 4.69) is 457 Å². The fourth-order valence-electron chi connectivity index (χ4n) is 23.5. The molecule has 0 N–H and O–H groups in total. The Bertz CT molecular complexity index is 6730. The third kappa shape index (κ3) is 15.5. The predicted octanol–water partition coefficient (Wildman–Crippen LogP) is 22.4. The van der Waals surface area contributed by atoms with Crippen molar-refractivity contribution in [3.8, 4) is 45.6 Å². The second kappa shape index (κ2) is 36.6. The van der Waals surface area contributed by atoms with Crippen LogP contribution in [0.25, 0.3) is 78.5 Å². The molecule has 0 atom stereocenters. The number of aryl methyl sites for hydroxylation is 7. The minimum absolute atomic E-state index is 0.0494. The van der Waals surface area contributed by atoms with Gasteiger partial charge in [0.15, 0.2) is 11.0 Å². The molecular weight excluding hydrogens is 1600 g/mol. The van der Waals surface area contributed by atoms with E-state index in [0.29, 0.717) is 47.3 Å². The standard InChI is InChI=1S/C30H33BN3O.C28H37BN3.C28H33BN3.C28H39BN3/c1-18(2)21-12-10-13-22(19(3)4)28(21)31-33(7)29-26(30-32(6)15-16-34(30)31)20(5)17-25-27(29)23-11-8-9-14-24(23)35-25;2*1-18(2)21-13-11-14-22(19(3)4)27(21)29-31(7)25-17-10-12-20(5)26(25)28-30(6)23-15-8-9-16-24(23)32(28)29;1-8-9-10-17-31-25-16-11-13-22(6)26(25)28-30(7)18-19-32(28)29(31)27-23(20(2)3)14-12-15-24(27)21(4)5/h8-19H,1-7H3;10-14,17-19H,8-9,15-16H2,1-7H3;8-19H,1-7H3;11-16,18-21H,8-10,17H2,1-7H3/q4*+1. The second-order valence-electron chi connectivity index (χ2n) is 41.0. The number of para-hydroxylation sites is 3. The summed E-state index contributed by atoms with van der Waals surface area (Å²) in [6, 6.07) is 67.5. The first-order valence-electron chi connectivity index (χ1n) is 49.3. The minimum Gasteiger partial charge on any atom is -0.456 e. The van der Waals surface area contributed by atoms with Crippen molar-refractivity contribution in [1.82, 2.24) is 18.3 Å². The van der Waals surface area contributed by atoms with E-state index in [9.17, 15) is 0 Å². The molecule has 672 valence electrons. The zero-order valence-corrected chi connectivity index (χ0v) is 84.0. The van der Waals surface area contributed by atoms with Crippen LogP contribution in [-0.4, -0.2) is 73.9 Å². The zero-order valence-electron chi connectivity index (χ0n) is 84.0. The lowest BCUT2D eigenvalue weighted by atomic mass is 9.57. The molecule has 20 rings (SSSR count). The maximum atomic E-state index is 6.37. The summed E-state index contributed by atoms with van der Waals surface area (Å²) in [5.74, 6) is 8.92. The highest BCUT2D eigenvalue weighted by atomic mass is 16.3. The molecule has 131 heavy (non-hydrogen) atoms. The quantitative estimate of drug-likeness (QED) is 0.0713. The molecule has 0 saturated heterocycles. The van der Waals surface area contributed by atoms with Crippen molar-refractivity contribution >= 4 is 106 Å². The second-order valence-corrected chi connectivity index (χ2v) is 41.0. The van der Waals surface area contributed by atoms with Crippen LogP contribution in [0.3, 0.4) is 0 Å². The largest absolute Gasteiger partial charge is 0.538 e. The zero-order chi connectivity index (χ0) is 93.0. The van der Waals surface area contributed by atoms with Gasteiger partial charge in [-0.15, -0.1) is 0 Å². The van der Waals surface area contributed by atoms with E-state index in [1.165, 1.54) is 229 Å². The van der Waals surface area contributed by atoms with E-state index in [1.807, 2.05) is 0 Å². The van der Waals surface area contributed by atoms with Gasteiger partial charge in [-0.1, -0.05) is 270 Å². The molecule has 0 amide bonds. The maximum absolute atomic E-state index is 6.37. The van der Waals surface area contributed by atoms with Gasteiger partial charge in [0, 0.05) is 63.7 Å². The summed E-state index contributed by atoms with van der Waals surface area (Å²) in [6.45, 7) is 50.0. The molecule has 0 saturated carbocycles. The summed E-state index contributed by atoms with van der Waals surface area (Å²) in [5, 5.41) is 2.38. The van der Waals surface area contributed by atoms with Gasteiger partial charge in [0.25, 0.3) is 23.3 Å². The minimum atomic E-state index is 0.0494. The molecule has 0 fully saturated rings. The van der Waals surface area contributed by atoms with E-state index in [-0.39, 0.29) is 27.9 Å². The van der Waals surface area contributed by atoms with Crippen LogP contribution in [0.5, 0.6) is 0 Å². The summed E-state index contributed by atoms with van der Waals surface area (Å²) < 4.78 is 26.2. The smallest absolute Gasteiger partial charge is 0.456 e. The van der Waals surface area contributed by atoms with Crippen LogP contribution < -0.4 is 59.0 Å². The summed E-state index contributed by atoms with van der Waals surface area (Å²) in [4.78, 5) is 10.2. The number of unbranched alkanes of at least 4 members (excludes halogenated alkanes) is 2. The van der Waals surface area contributed by atoms with Gasteiger partial charge >= 0.3 is 27.9 Å². The van der Waals surface area contributed by atoms with Crippen molar-refractivity contribution in [3.05, 3.63) is 285 Å². The van der Waals surface area contributed by atoms with Crippen LogP contribution >= 0.6 is 0 Å². The Hall–Kier alpha value is -11.4. The van der Waals surface area contributed by atoms with Crippen molar-refractivity contribution in [2.45, 2.75) is 238 Å². The summed E-state index contributed by atoms with van der Waals surface area (Å²) >= 11 is 0. The molecule has 13 nitrogen and oxygen atoms in total. The lowest BCUT2D eigenvalue weighted by Gasteiger charge is -2.36. The molecule has 0 bridgehead atoms. The number of hydrogen-bond acceptors (Lipinski definition) is 5. The van der Waals surface area contributed by atoms with Crippen molar-refractivity contribution in [2.24, 2.45) is 28.2 Å². The van der Waals surface area contributed by atoms with Crippen LogP contribution in [-0.2, 0) is 41.0 Å². The first kappa shape index (κ1) is 91.5. The molecule has 1 aliphatic carbocycles. The number of nitrogens with zero attached hydrogens (tertiary/aromatic N) is 12. The predicted molar refractivity (Wildman–Crippen MR) is 558 cm³/mol. The summed E-state index contributed by atoms with van der Waals surface area (Å²) in [7, 11) is 15.7. The van der Waals surface area contributed by atoms with Crippen molar-refractivity contribution in [1.29, 1.82) is 0 Å². The SMILES string of the molecule is CCCCCN1B(c2c(C(C)C)cccc2C(C)C)[n+]2ccn(C)c2-c2c(C)cccc21.Cc1cc2oc3ccccc3c2c2c1-c1n(C)cc[n+]1B(c1c(C(C)C)cccc1C(C)C)N2C.Cc1cccc2c1-c1n(C)c3c([n+]1B(c1c(C(C)C)cccc1C(C)C)N2C)CCCC3.Cc1cccc2c1-c1n(C)c3ccccc3[n+]1B(c1c(C(C)C)cccc1C(C)C)N2C. The first-order chi connectivity index (χ1) is 62.8. The van der Waals surface area contributed by atoms with Crippen molar-refractivity contribution in [3.63, 3.8) is 0 Å².